The lowest BCUT2D eigenvalue weighted by Gasteiger charge is -2.31. The van der Waals surface area contributed by atoms with Gasteiger partial charge in [-0.15, -0.1) is 0 Å². The van der Waals surface area contributed by atoms with Gasteiger partial charge >= 0.3 is 0 Å². The molecule has 0 spiro atoms. The molecule has 3 rings (SSSR count). The summed E-state index contributed by atoms with van der Waals surface area (Å²) in [6, 6.07) is 6.43. The van der Waals surface area contributed by atoms with Crippen LogP contribution in [0.4, 0.5) is 5.69 Å². The number of amides is 1. The molecule has 1 aromatic carbocycles. The first-order valence-electron chi connectivity index (χ1n) is 8.17. The van der Waals surface area contributed by atoms with Crippen LogP contribution in [0.2, 0.25) is 0 Å². The number of anilines is 1. The lowest BCUT2D eigenvalue weighted by atomic mass is 10.1. The van der Waals surface area contributed by atoms with Crippen molar-refractivity contribution in [1.29, 1.82) is 0 Å². The van der Waals surface area contributed by atoms with Crippen molar-refractivity contribution in [2.24, 2.45) is 0 Å². The third-order valence-corrected chi connectivity index (χ3v) is 4.42. The van der Waals surface area contributed by atoms with Gasteiger partial charge in [-0.1, -0.05) is 12.1 Å². The van der Waals surface area contributed by atoms with Gasteiger partial charge in [0.1, 0.15) is 0 Å². The Labute approximate surface area is 132 Å². The number of aryl methyl sites for hydroxylation is 1. The van der Waals surface area contributed by atoms with Crippen molar-refractivity contribution in [3.05, 3.63) is 29.3 Å². The number of carbonyl (C=O) groups excluding carboxylic acids is 1. The molecular formula is C17H25N3O2. The number of ether oxygens (including phenoxy) is 1. The van der Waals surface area contributed by atoms with Gasteiger partial charge < -0.3 is 20.3 Å². The molecule has 0 aromatic heterocycles. The van der Waals surface area contributed by atoms with E-state index in [0.717, 1.165) is 45.7 Å². The molecule has 2 fully saturated rings. The second-order valence-electron chi connectivity index (χ2n) is 6.10. The summed E-state index contributed by atoms with van der Waals surface area (Å²) in [5.41, 5.74) is 3.65. The molecule has 5 nitrogen and oxygen atoms in total. The quantitative estimate of drug-likeness (QED) is 0.877. The topological polar surface area (TPSA) is 53.6 Å². The monoisotopic (exact) mass is 303 g/mol. The first kappa shape index (κ1) is 15.3. The summed E-state index contributed by atoms with van der Waals surface area (Å²) in [7, 11) is 0. The average Bonchev–Trinajstić information content (AvgIpc) is 3.09. The van der Waals surface area contributed by atoms with Gasteiger partial charge in [-0.3, -0.25) is 4.79 Å². The Morgan fingerprint density at radius 2 is 2.23 bits per heavy atom. The first-order chi connectivity index (χ1) is 10.7. The van der Waals surface area contributed by atoms with Crippen LogP contribution in [-0.4, -0.2) is 44.8 Å². The van der Waals surface area contributed by atoms with Crippen LogP contribution in [-0.2, 0) is 16.1 Å². The van der Waals surface area contributed by atoms with E-state index in [-0.39, 0.29) is 11.9 Å². The van der Waals surface area contributed by atoms with E-state index >= 15 is 0 Å². The zero-order valence-corrected chi connectivity index (χ0v) is 13.2. The summed E-state index contributed by atoms with van der Waals surface area (Å²) >= 11 is 0. The van der Waals surface area contributed by atoms with Crippen LogP contribution in [0.1, 0.15) is 24.0 Å². The minimum Gasteiger partial charge on any atom is -0.378 e. The number of morpholine rings is 1. The highest BCUT2D eigenvalue weighted by Gasteiger charge is 2.22. The lowest BCUT2D eigenvalue weighted by molar-refractivity contribution is -0.122. The Kier molecular flexibility index (Phi) is 4.95. The molecule has 0 bridgehead atoms. The van der Waals surface area contributed by atoms with E-state index in [4.69, 9.17) is 4.74 Å². The molecule has 2 aliphatic rings. The third kappa shape index (κ3) is 3.59. The van der Waals surface area contributed by atoms with E-state index in [1.807, 2.05) is 0 Å². The largest absolute Gasteiger partial charge is 0.378 e. The molecule has 1 atom stereocenters. The highest BCUT2D eigenvalue weighted by Crippen LogP contribution is 2.23. The Morgan fingerprint density at radius 3 is 2.95 bits per heavy atom. The molecule has 1 unspecified atom stereocenters. The maximum atomic E-state index is 12.2. The molecule has 120 valence electrons. The van der Waals surface area contributed by atoms with Crippen molar-refractivity contribution in [3.8, 4) is 0 Å². The van der Waals surface area contributed by atoms with Crippen LogP contribution in [0.5, 0.6) is 0 Å². The predicted molar refractivity (Wildman–Crippen MR) is 87.1 cm³/mol. The number of nitrogens with one attached hydrogen (secondary N) is 2. The maximum Gasteiger partial charge on any atom is 0.237 e. The Bertz CT molecular complexity index is 521. The second-order valence-corrected chi connectivity index (χ2v) is 6.10. The third-order valence-electron chi connectivity index (χ3n) is 4.42. The fourth-order valence-corrected chi connectivity index (χ4v) is 3.14. The first-order valence-corrected chi connectivity index (χ1v) is 8.17. The summed E-state index contributed by atoms with van der Waals surface area (Å²) in [5.74, 6) is 0.117. The molecule has 1 amide bonds. The molecule has 2 heterocycles. The van der Waals surface area contributed by atoms with Crippen LogP contribution in [0, 0.1) is 6.92 Å². The molecule has 2 aliphatic heterocycles. The number of carbonyl (C=O) groups is 1. The normalized spacial score (nSPS) is 21.9. The molecule has 0 radical (unpaired) electrons. The molecule has 1 aromatic rings. The number of hydrogen-bond acceptors (Lipinski definition) is 4. The van der Waals surface area contributed by atoms with Crippen LogP contribution >= 0.6 is 0 Å². The number of hydrogen-bond donors (Lipinski definition) is 2. The van der Waals surface area contributed by atoms with Crippen molar-refractivity contribution in [1.82, 2.24) is 10.6 Å². The average molecular weight is 303 g/mol. The molecule has 2 saturated heterocycles. The number of rotatable bonds is 4. The van der Waals surface area contributed by atoms with Crippen LogP contribution in [0.3, 0.4) is 0 Å². The molecular weight excluding hydrogens is 278 g/mol. The zero-order valence-electron chi connectivity index (χ0n) is 13.2. The second kappa shape index (κ2) is 7.11. The Morgan fingerprint density at radius 1 is 1.41 bits per heavy atom. The smallest absolute Gasteiger partial charge is 0.237 e. The molecule has 22 heavy (non-hydrogen) atoms. The van der Waals surface area contributed by atoms with Gasteiger partial charge in [0, 0.05) is 25.3 Å². The SMILES string of the molecule is Cc1ccc(CNC(=O)C2CCCN2)c(N2CCOCC2)c1. The highest BCUT2D eigenvalue weighted by molar-refractivity contribution is 5.82. The van der Waals surface area contributed by atoms with Crippen molar-refractivity contribution in [3.63, 3.8) is 0 Å². The minimum atomic E-state index is -0.0164. The van der Waals surface area contributed by atoms with Gasteiger partial charge in [0.05, 0.1) is 19.3 Å². The van der Waals surface area contributed by atoms with Gasteiger partial charge in [0.25, 0.3) is 0 Å². The molecule has 0 aliphatic carbocycles. The molecule has 2 N–H and O–H groups in total. The molecule has 0 saturated carbocycles. The summed E-state index contributed by atoms with van der Waals surface area (Å²) in [6.45, 7) is 7.00. The fraction of sp³-hybridized carbons (Fsp3) is 0.588. The van der Waals surface area contributed by atoms with Crippen LogP contribution < -0.4 is 15.5 Å². The van der Waals surface area contributed by atoms with Gasteiger partial charge in [-0.2, -0.15) is 0 Å². The summed E-state index contributed by atoms with van der Waals surface area (Å²) < 4.78 is 5.44. The van der Waals surface area contributed by atoms with Gasteiger partial charge in [0.15, 0.2) is 0 Å². The Hall–Kier alpha value is -1.59. The van der Waals surface area contributed by atoms with Gasteiger partial charge in [-0.25, -0.2) is 0 Å². The summed E-state index contributed by atoms with van der Waals surface area (Å²) in [4.78, 5) is 14.5. The highest BCUT2D eigenvalue weighted by atomic mass is 16.5. The summed E-state index contributed by atoms with van der Waals surface area (Å²) in [6.07, 6.45) is 2.03. The van der Waals surface area contributed by atoms with Gasteiger partial charge in [-0.05, 0) is 43.5 Å². The summed E-state index contributed by atoms with van der Waals surface area (Å²) in [5, 5.41) is 6.32. The van der Waals surface area contributed by atoms with E-state index in [2.05, 4.69) is 40.7 Å². The van der Waals surface area contributed by atoms with E-state index in [1.165, 1.54) is 16.8 Å². The van der Waals surface area contributed by atoms with Crippen molar-refractivity contribution in [2.75, 3.05) is 37.7 Å². The number of nitrogens with zero attached hydrogens (tertiary/aromatic N) is 1. The minimum absolute atomic E-state index is 0.0164. The van der Waals surface area contributed by atoms with Gasteiger partial charge in [0.2, 0.25) is 5.91 Å². The Balaban J connectivity index is 1.68. The maximum absolute atomic E-state index is 12.2. The van der Waals surface area contributed by atoms with Crippen molar-refractivity contribution >= 4 is 11.6 Å². The fourth-order valence-electron chi connectivity index (χ4n) is 3.14. The van der Waals surface area contributed by atoms with E-state index in [9.17, 15) is 4.79 Å². The van der Waals surface area contributed by atoms with Crippen LogP contribution in [0.25, 0.3) is 0 Å². The zero-order chi connectivity index (χ0) is 15.4. The van der Waals surface area contributed by atoms with Crippen molar-refractivity contribution in [2.45, 2.75) is 32.4 Å². The predicted octanol–water partition coefficient (Wildman–Crippen LogP) is 1.20. The van der Waals surface area contributed by atoms with E-state index in [1.54, 1.807) is 0 Å². The lowest BCUT2D eigenvalue weighted by Crippen LogP contribution is -2.41. The standard InChI is InChI=1S/C17H25N3O2/c1-13-4-5-14(12-19-17(21)15-3-2-6-18-15)16(11-13)20-7-9-22-10-8-20/h4-5,11,15,18H,2-3,6-10,12H2,1H3,(H,19,21). The molecule has 5 heteroatoms. The van der Waals surface area contributed by atoms with E-state index in [0.29, 0.717) is 6.54 Å². The van der Waals surface area contributed by atoms with E-state index < -0.39 is 0 Å². The number of benzene rings is 1. The van der Waals surface area contributed by atoms with Crippen LogP contribution in [0.15, 0.2) is 18.2 Å². The van der Waals surface area contributed by atoms with Crippen molar-refractivity contribution < 1.29 is 9.53 Å².